The van der Waals surface area contributed by atoms with Crippen molar-refractivity contribution < 1.29 is 28.6 Å². The number of benzene rings is 4. The Balaban J connectivity index is 0.976. The number of fused-ring (bicyclic) bond motifs is 2. The average molecular weight is 999 g/mol. The maximum absolute atomic E-state index is 15.8. The van der Waals surface area contributed by atoms with Crippen molar-refractivity contribution in [3.05, 3.63) is 153 Å². The number of piperidine rings is 2. The molecular weight excluding hydrogens is 932 g/mol. The maximum atomic E-state index is 15.8. The largest absolute Gasteiger partial charge is 0.508 e. The number of aromatic hydroxyl groups is 1. The van der Waals surface area contributed by atoms with Crippen molar-refractivity contribution in [2.24, 2.45) is 14.1 Å². The number of nitriles is 1. The Labute approximate surface area is 433 Å². The average Bonchev–Trinajstić information content (AvgIpc) is 3.88. The fraction of sp³-hybridized carbons (Fsp3) is 0.400. The van der Waals surface area contributed by atoms with Crippen molar-refractivity contribution >= 4 is 29.1 Å². The SMILES string of the molecule is Cc1c(N(C(=O)c2cc(-c3cc4c(cc3C(=O)N3Cc5ccccc5C[C@H]3CN3CCCCC3)CN(C(=O)Cc3ccc(OCCN5CCC(F)CC5)cc3)CC4)n(C)c2C)c2ccc(O)cc2)cc(C#N)n1C. The third-order valence-electron chi connectivity index (χ3n) is 16.2. The van der Waals surface area contributed by atoms with Gasteiger partial charge in [-0.25, -0.2) is 4.39 Å². The predicted molar refractivity (Wildman–Crippen MR) is 284 cm³/mol. The number of ether oxygens (including phenoxy) is 1. The second kappa shape index (κ2) is 21.7. The Morgan fingerprint density at radius 2 is 1.50 bits per heavy atom. The van der Waals surface area contributed by atoms with Crippen LogP contribution in [0.15, 0.2) is 97.1 Å². The lowest BCUT2D eigenvalue weighted by Gasteiger charge is -2.41. The van der Waals surface area contributed by atoms with Gasteiger partial charge in [-0.05, 0) is 154 Å². The highest BCUT2D eigenvalue weighted by molar-refractivity contribution is 6.13. The summed E-state index contributed by atoms with van der Waals surface area (Å²) in [6.45, 7) is 10.7. The van der Waals surface area contributed by atoms with Crippen molar-refractivity contribution in [2.45, 2.75) is 90.5 Å². The van der Waals surface area contributed by atoms with Gasteiger partial charge in [0.1, 0.15) is 36.0 Å². The molecule has 4 aliphatic heterocycles. The topological polar surface area (TPSA) is 131 Å². The van der Waals surface area contributed by atoms with Crippen LogP contribution >= 0.6 is 0 Å². The molecule has 10 rings (SSSR count). The molecule has 384 valence electrons. The molecular formula is C60H67FN8O5. The molecule has 2 fully saturated rings. The quantitative estimate of drug-likeness (QED) is 0.121. The monoisotopic (exact) mass is 999 g/mol. The highest BCUT2D eigenvalue weighted by Crippen LogP contribution is 2.39. The van der Waals surface area contributed by atoms with Crippen LogP contribution in [0.4, 0.5) is 15.8 Å². The molecule has 3 amide bonds. The molecule has 13 nitrogen and oxygen atoms in total. The standard InChI is InChI=1S/C60H67FN8O5/c1-40-53(60(73)69(48-14-16-51(70)17-15-48)56-34-49(36-62)63(3)41(56)2)35-57(64(40)4)54-32-44-20-27-67(58(71)30-42-12-18-52(19-13-42)74-29-28-65-25-21-47(61)22-26-65)37-46(44)33-55(54)59(72)68-38-45-11-7-6-10-43(45)31-50(68)39-66-23-8-5-9-24-66/h6-7,10-19,32-35,47,50,70H,5,8-9,20-31,37-39H2,1-4H3/t50-/m0/s1. The Morgan fingerprint density at radius 3 is 2.22 bits per heavy atom. The number of phenols is 1. The number of nitrogens with zero attached hydrogens (tertiary/aromatic N) is 8. The smallest absolute Gasteiger partial charge is 0.264 e. The van der Waals surface area contributed by atoms with Gasteiger partial charge in [0.15, 0.2) is 0 Å². The summed E-state index contributed by atoms with van der Waals surface area (Å²) in [5.74, 6) is 0.385. The number of likely N-dealkylation sites (tertiary alicyclic amines) is 2. The van der Waals surface area contributed by atoms with Crippen molar-refractivity contribution in [1.82, 2.24) is 28.7 Å². The summed E-state index contributed by atoms with van der Waals surface area (Å²) < 4.78 is 23.4. The van der Waals surface area contributed by atoms with Gasteiger partial charge in [-0.1, -0.05) is 42.8 Å². The van der Waals surface area contributed by atoms with E-state index in [0.29, 0.717) is 85.1 Å². The van der Waals surface area contributed by atoms with E-state index in [1.54, 1.807) is 34.7 Å². The maximum Gasteiger partial charge on any atom is 0.264 e. The fourth-order valence-corrected chi connectivity index (χ4v) is 11.5. The Morgan fingerprint density at radius 1 is 0.770 bits per heavy atom. The highest BCUT2D eigenvalue weighted by Gasteiger charge is 2.36. The zero-order valence-corrected chi connectivity index (χ0v) is 43.2. The summed E-state index contributed by atoms with van der Waals surface area (Å²) in [6.07, 6.45) is 5.51. The summed E-state index contributed by atoms with van der Waals surface area (Å²) >= 11 is 0. The minimum Gasteiger partial charge on any atom is -0.508 e. The van der Waals surface area contributed by atoms with Gasteiger partial charge in [0.25, 0.3) is 11.8 Å². The number of anilines is 2. The number of rotatable bonds is 13. The van der Waals surface area contributed by atoms with Crippen LogP contribution in [0.2, 0.25) is 0 Å². The van der Waals surface area contributed by atoms with Crippen LogP contribution in [-0.4, -0.2) is 116 Å². The number of amides is 3. The molecule has 1 N–H and O–H groups in total. The number of halogens is 1. The first-order valence-corrected chi connectivity index (χ1v) is 26.3. The highest BCUT2D eigenvalue weighted by atomic mass is 19.1. The molecule has 0 radical (unpaired) electrons. The first-order valence-electron chi connectivity index (χ1n) is 26.3. The van der Waals surface area contributed by atoms with Crippen LogP contribution < -0.4 is 9.64 Å². The van der Waals surface area contributed by atoms with E-state index in [1.807, 2.05) is 72.8 Å². The number of carbonyl (C=O) groups excluding carboxylic acids is 3. The van der Waals surface area contributed by atoms with E-state index in [2.05, 4.69) is 45.0 Å². The number of hydrogen-bond donors (Lipinski definition) is 1. The van der Waals surface area contributed by atoms with Crippen molar-refractivity contribution in [2.75, 3.05) is 57.3 Å². The van der Waals surface area contributed by atoms with E-state index in [-0.39, 0.29) is 35.9 Å². The second-order valence-corrected chi connectivity index (χ2v) is 20.8. The molecule has 0 aliphatic carbocycles. The Bertz CT molecular complexity index is 3090. The van der Waals surface area contributed by atoms with Crippen LogP contribution in [0.25, 0.3) is 11.3 Å². The van der Waals surface area contributed by atoms with Gasteiger partial charge in [-0.2, -0.15) is 5.26 Å². The molecule has 0 spiro atoms. The van der Waals surface area contributed by atoms with Gasteiger partial charge in [0, 0.05) is 99.8 Å². The number of carbonyl (C=O) groups is 3. The van der Waals surface area contributed by atoms with Crippen LogP contribution in [0, 0.1) is 25.2 Å². The first-order chi connectivity index (χ1) is 35.8. The lowest BCUT2D eigenvalue weighted by molar-refractivity contribution is -0.131. The lowest BCUT2D eigenvalue weighted by Crippen LogP contribution is -2.51. The summed E-state index contributed by atoms with van der Waals surface area (Å²) in [4.78, 5) is 55.4. The number of aromatic nitrogens is 2. The van der Waals surface area contributed by atoms with Crippen LogP contribution in [-0.2, 0) is 51.2 Å². The number of hydrogen-bond acceptors (Lipinski definition) is 8. The molecule has 4 aromatic carbocycles. The summed E-state index contributed by atoms with van der Waals surface area (Å²) in [5, 5.41) is 20.3. The van der Waals surface area contributed by atoms with Crippen LogP contribution in [0.3, 0.4) is 0 Å². The first kappa shape index (κ1) is 50.3. The third kappa shape index (κ3) is 10.5. The molecule has 0 unspecified atom stereocenters. The van der Waals surface area contributed by atoms with E-state index in [1.165, 1.54) is 24.1 Å². The Hall–Kier alpha value is -7.21. The van der Waals surface area contributed by atoms with Crippen molar-refractivity contribution in [1.29, 1.82) is 5.26 Å². The van der Waals surface area contributed by atoms with Gasteiger partial charge in [0.05, 0.1) is 17.7 Å². The number of phenolic OH excluding ortho intramolecular Hbond substituents is 1. The zero-order valence-electron chi connectivity index (χ0n) is 43.2. The summed E-state index contributed by atoms with van der Waals surface area (Å²) in [7, 11) is 3.72. The number of alkyl halides is 1. The predicted octanol–water partition coefficient (Wildman–Crippen LogP) is 9.20. The van der Waals surface area contributed by atoms with Gasteiger partial charge in [0.2, 0.25) is 5.91 Å². The van der Waals surface area contributed by atoms with Crippen LogP contribution in [0.5, 0.6) is 11.5 Å². The lowest BCUT2D eigenvalue weighted by atomic mass is 9.89. The molecule has 6 heterocycles. The summed E-state index contributed by atoms with van der Waals surface area (Å²) in [5.41, 5.74) is 10.5. The van der Waals surface area contributed by atoms with E-state index >= 15 is 9.59 Å². The van der Waals surface area contributed by atoms with Gasteiger partial charge >= 0.3 is 0 Å². The molecule has 74 heavy (non-hydrogen) atoms. The Kier molecular flexibility index (Phi) is 14.8. The van der Waals surface area contributed by atoms with Crippen molar-refractivity contribution in [3.63, 3.8) is 0 Å². The molecule has 1 atom stereocenters. The second-order valence-electron chi connectivity index (χ2n) is 20.8. The third-order valence-corrected chi connectivity index (χ3v) is 16.2. The molecule has 14 heteroatoms. The zero-order chi connectivity index (χ0) is 51.6. The summed E-state index contributed by atoms with van der Waals surface area (Å²) in [6, 6.07) is 32.5. The van der Waals surface area contributed by atoms with E-state index in [9.17, 15) is 19.6 Å². The van der Waals surface area contributed by atoms with Crippen molar-refractivity contribution in [3.8, 4) is 28.8 Å². The minimum atomic E-state index is -0.703. The van der Waals surface area contributed by atoms with E-state index < -0.39 is 6.17 Å². The van der Waals surface area contributed by atoms with Gasteiger partial charge in [-0.15, -0.1) is 0 Å². The molecule has 0 bridgehead atoms. The van der Waals surface area contributed by atoms with Gasteiger partial charge < -0.3 is 33.7 Å². The van der Waals surface area contributed by atoms with E-state index in [0.717, 1.165) is 97.8 Å². The molecule has 0 saturated carbocycles. The minimum absolute atomic E-state index is 0.00158. The van der Waals surface area contributed by atoms with Gasteiger partial charge in [-0.3, -0.25) is 24.2 Å². The van der Waals surface area contributed by atoms with Crippen LogP contribution in [0.1, 0.15) is 97.7 Å². The molecule has 6 aromatic rings. The molecule has 4 aliphatic rings. The normalized spacial score (nSPS) is 17.4. The molecule has 2 saturated heterocycles. The molecule has 2 aromatic heterocycles. The fourth-order valence-electron chi connectivity index (χ4n) is 11.5. The van der Waals surface area contributed by atoms with E-state index in [4.69, 9.17) is 4.74 Å².